The van der Waals surface area contributed by atoms with E-state index in [2.05, 4.69) is 13.8 Å². The van der Waals surface area contributed by atoms with Crippen LogP contribution in [-0.2, 0) is 0 Å². The second-order valence-corrected chi connectivity index (χ2v) is 4.58. The van der Waals surface area contributed by atoms with E-state index in [1.807, 2.05) is 18.2 Å². The molecular weight excluding hydrogens is 174 g/mol. The molecule has 1 aliphatic carbocycles. The van der Waals surface area contributed by atoms with E-state index in [0.29, 0.717) is 17.6 Å². The molecule has 1 aliphatic rings. The highest BCUT2D eigenvalue weighted by molar-refractivity contribution is 5.42. The maximum absolute atomic E-state index is 9.68. The van der Waals surface area contributed by atoms with Crippen LogP contribution in [-0.4, -0.2) is 10.6 Å². The number of hydrogen-bond acceptors (Lipinski definition) is 2. The molecule has 0 aliphatic heterocycles. The van der Waals surface area contributed by atoms with Gasteiger partial charge in [-0.25, -0.2) is 0 Å². The fourth-order valence-corrected chi connectivity index (χ4v) is 2.11. The molecule has 2 nitrogen and oxygen atoms in total. The van der Waals surface area contributed by atoms with Crippen LogP contribution in [0, 0.1) is 5.92 Å². The van der Waals surface area contributed by atoms with Crippen LogP contribution in [0.3, 0.4) is 0 Å². The van der Waals surface area contributed by atoms with Crippen molar-refractivity contribution in [3.8, 4) is 5.75 Å². The zero-order valence-corrected chi connectivity index (χ0v) is 8.70. The lowest BCUT2D eigenvalue weighted by molar-refractivity contribution is 0.445. The van der Waals surface area contributed by atoms with Gasteiger partial charge < -0.3 is 10.8 Å². The minimum atomic E-state index is -0.0984. The van der Waals surface area contributed by atoms with E-state index in [1.54, 1.807) is 6.07 Å². The maximum atomic E-state index is 9.68. The SMILES string of the molecule is CC(C)C1(N)CC1c1ccccc1O. The zero-order valence-electron chi connectivity index (χ0n) is 8.70. The van der Waals surface area contributed by atoms with Crippen LogP contribution >= 0.6 is 0 Å². The molecule has 0 heterocycles. The Labute approximate surface area is 84.7 Å². The van der Waals surface area contributed by atoms with Crippen LogP contribution < -0.4 is 5.73 Å². The summed E-state index contributed by atoms with van der Waals surface area (Å²) in [5.74, 6) is 1.18. The van der Waals surface area contributed by atoms with E-state index < -0.39 is 0 Å². The molecule has 0 aromatic heterocycles. The van der Waals surface area contributed by atoms with Gasteiger partial charge in [0.15, 0.2) is 0 Å². The Balaban J connectivity index is 2.25. The minimum absolute atomic E-state index is 0.0984. The lowest BCUT2D eigenvalue weighted by atomic mass is 9.96. The summed E-state index contributed by atoms with van der Waals surface area (Å²) in [5.41, 5.74) is 7.13. The van der Waals surface area contributed by atoms with Crippen LogP contribution in [0.5, 0.6) is 5.75 Å². The predicted octanol–water partition coefficient (Wildman–Crippen LogP) is 2.23. The molecule has 76 valence electrons. The van der Waals surface area contributed by atoms with Crippen molar-refractivity contribution >= 4 is 0 Å². The Morgan fingerprint density at radius 3 is 2.57 bits per heavy atom. The van der Waals surface area contributed by atoms with Crippen molar-refractivity contribution in [3.05, 3.63) is 29.8 Å². The van der Waals surface area contributed by atoms with Crippen LogP contribution in [0.4, 0.5) is 0 Å². The van der Waals surface area contributed by atoms with Gasteiger partial charge in [0.05, 0.1) is 0 Å². The normalized spacial score (nSPS) is 30.7. The number of rotatable bonds is 2. The molecule has 0 radical (unpaired) electrons. The highest BCUT2D eigenvalue weighted by Gasteiger charge is 2.54. The Morgan fingerprint density at radius 2 is 2.07 bits per heavy atom. The highest BCUT2D eigenvalue weighted by atomic mass is 16.3. The Morgan fingerprint density at radius 1 is 1.43 bits per heavy atom. The number of hydrogen-bond donors (Lipinski definition) is 2. The maximum Gasteiger partial charge on any atom is 0.119 e. The number of nitrogens with two attached hydrogens (primary N) is 1. The average molecular weight is 191 g/mol. The summed E-state index contributed by atoms with van der Waals surface area (Å²) in [4.78, 5) is 0. The molecule has 0 bridgehead atoms. The van der Waals surface area contributed by atoms with Gasteiger partial charge in [-0.3, -0.25) is 0 Å². The smallest absolute Gasteiger partial charge is 0.119 e. The molecular formula is C12H17NO. The van der Waals surface area contributed by atoms with Gasteiger partial charge in [-0.05, 0) is 24.0 Å². The molecule has 3 N–H and O–H groups in total. The average Bonchev–Trinajstić information content (AvgIpc) is 2.80. The first-order valence-electron chi connectivity index (χ1n) is 5.12. The summed E-state index contributed by atoms with van der Waals surface area (Å²) >= 11 is 0. The van der Waals surface area contributed by atoms with Gasteiger partial charge in [-0.1, -0.05) is 32.0 Å². The molecule has 2 heteroatoms. The molecule has 2 unspecified atom stereocenters. The third-order valence-electron chi connectivity index (χ3n) is 3.43. The molecule has 1 aromatic rings. The van der Waals surface area contributed by atoms with Crippen molar-refractivity contribution in [1.29, 1.82) is 0 Å². The van der Waals surface area contributed by atoms with Crippen molar-refractivity contribution < 1.29 is 5.11 Å². The molecule has 0 spiro atoms. The Kier molecular flexibility index (Phi) is 2.04. The number of aromatic hydroxyl groups is 1. The molecule has 1 fully saturated rings. The fourth-order valence-electron chi connectivity index (χ4n) is 2.11. The lowest BCUT2D eigenvalue weighted by Crippen LogP contribution is -2.30. The first kappa shape index (κ1) is 9.53. The van der Waals surface area contributed by atoms with E-state index in [1.165, 1.54) is 0 Å². The van der Waals surface area contributed by atoms with Gasteiger partial charge in [0.2, 0.25) is 0 Å². The number of phenols is 1. The first-order chi connectivity index (χ1) is 6.55. The van der Waals surface area contributed by atoms with Gasteiger partial charge in [0.1, 0.15) is 5.75 Å². The van der Waals surface area contributed by atoms with Gasteiger partial charge in [-0.15, -0.1) is 0 Å². The molecule has 2 rings (SSSR count). The van der Waals surface area contributed by atoms with Crippen LogP contribution in [0.2, 0.25) is 0 Å². The van der Waals surface area contributed by atoms with Gasteiger partial charge in [0, 0.05) is 11.5 Å². The predicted molar refractivity (Wildman–Crippen MR) is 57.2 cm³/mol. The number of phenolic OH excluding ortho intramolecular Hbond substituents is 1. The topological polar surface area (TPSA) is 46.2 Å². The van der Waals surface area contributed by atoms with E-state index in [-0.39, 0.29) is 5.54 Å². The first-order valence-corrected chi connectivity index (χ1v) is 5.12. The summed E-state index contributed by atoms with van der Waals surface area (Å²) in [6, 6.07) is 7.49. The largest absolute Gasteiger partial charge is 0.508 e. The zero-order chi connectivity index (χ0) is 10.3. The molecule has 1 aromatic carbocycles. The molecule has 1 saturated carbocycles. The van der Waals surface area contributed by atoms with Crippen molar-refractivity contribution in [3.63, 3.8) is 0 Å². The van der Waals surface area contributed by atoms with E-state index in [9.17, 15) is 5.11 Å². The van der Waals surface area contributed by atoms with Crippen molar-refractivity contribution in [2.24, 2.45) is 11.7 Å². The monoisotopic (exact) mass is 191 g/mol. The highest BCUT2D eigenvalue weighted by Crippen LogP contribution is 2.55. The van der Waals surface area contributed by atoms with Gasteiger partial charge in [-0.2, -0.15) is 0 Å². The molecule has 0 saturated heterocycles. The Bertz CT molecular complexity index is 348. The lowest BCUT2D eigenvalue weighted by Gasteiger charge is -2.16. The standard InChI is InChI=1S/C12H17NO/c1-8(2)12(13)7-10(12)9-5-3-4-6-11(9)14/h3-6,8,10,14H,7,13H2,1-2H3. The number of para-hydroxylation sites is 1. The van der Waals surface area contributed by atoms with Crippen LogP contribution in [0.15, 0.2) is 24.3 Å². The van der Waals surface area contributed by atoms with E-state index in [4.69, 9.17) is 5.73 Å². The second kappa shape index (κ2) is 2.99. The van der Waals surface area contributed by atoms with Gasteiger partial charge >= 0.3 is 0 Å². The van der Waals surface area contributed by atoms with Crippen molar-refractivity contribution in [1.82, 2.24) is 0 Å². The minimum Gasteiger partial charge on any atom is -0.508 e. The molecule has 0 amide bonds. The van der Waals surface area contributed by atoms with Crippen molar-refractivity contribution in [2.45, 2.75) is 31.7 Å². The number of benzene rings is 1. The van der Waals surface area contributed by atoms with Crippen LogP contribution in [0.1, 0.15) is 31.7 Å². The quantitative estimate of drug-likeness (QED) is 0.753. The third-order valence-corrected chi connectivity index (χ3v) is 3.43. The Hall–Kier alpha value is -1.02. The third kappa shape index (κ3) is 1.30. The van der Waals surface area contributed by atoms with E-state index >= 15 is 0 Å². The molecule has 14 heavy (non-hydrogen) atoms. The van der Waals surface area contributed by atoms with E-state index in [0.717, 1.165) is 12.0 Å². The second-order valence-electron chi connectivity index (χ2n) is 4.58. The van der Waals surface area contributed by atoms with Gasteiger partial charge in [0.25, 0.3) is 0 Å². The summed E-state index contributed by atoms with van der Waals surface area (Å²) in [6.07, 6.45) is 0.988. The summed E-state index contributed by atoms with van der Waals surface area (Å²) in [5, 5.41) is 9.68. The fraction of sp³-hybridized carbons (Fsp3) is 0.500. The summed E-state index contributed by atoms with van der Waals surface area (Å²) in [6.45, 7) is 4.28. The summed E-state index contributed by atoms with van der Waals surface area (Å²) < 4.78 is 0. The van der Waals surface area contributed by atoms with Crippen LogP contribution in [0.25, 0.3) is 0 Å². The summed E-state index contributed by atoms with van der Waals surface area (Å²) in [7, 11) is 0. The molecule has 2 atom stereocenters. The van der Waals surface area contributed by atoms with Crippen molar-refractivity contribution in [2.75, 3.05) is 0 Å².